The monoisotopic (exact) mass is 379 g/mol. The first-order valence-electron chi connectivity index (χ1n) is 8.66. The number of fused-ring (bicyclic) bond motifs is 2. The Morgan fingerprint density at radius 1 is 1.15 bits per heavy atom. The number of hydrogen-bond acceptors (Lipinski definition) is 5. The fraction of sp³-hybridized carbons (Fsp3) is 0.200. The second-order valence-corrected chi connectivity index (χ2v) is 7.54. The number of benzene rings is 2. The summed E-state index contributed by atoms with van der Waals surface area (Å²) in [4.78, 5) is 12.4. The average molecular weight is 379 g/mol. The Hall–Kier alpha value is -2.93. The van der Waals surface area contributed by atoms with Crippen molar-refractivity contribution in [1.82, 2.24) is 9.78 Å². The first-order chi connectivity index (χ1) is 13.2. The van der Waals surface area contributed by atoms with Crippen LogP contribution in [0.15, 0.2) is 48.5 Å². The van der Waals surface area contributed by atoms with Crippen LogP contribution in [0, 0.1) is 6.92 Å². The van der Waals surface area contributed by atoms with Crippen LogP contribution in [0.25, 0.3) is 5.69 Å². The maximum absolute atomic E-state index is 12.4. The zero-order chi connectivity index (χ0) is 18.4. The lowest BCUT2D eigenvalue weighted by atomic mass is 10.0. The Labute approximate surface area is 160 Å². The summed E-state index contributed by atoms with van der Waals surface area (Å²) in [5.41, 5.74) is 3.90. The fourth-order valence-electron chi connectivity index (χ4n) is 3.48. The lowest BCUT2D eigenvalue weighted by Crippen LogP contribution is -2.15. The van der Waals surface area contributed by atoms with Crippen LogP contribution in [0.1, 0.15) is 22.1 Å². The number of para-hydroxylation sites is 1. The molecular formula is C20H17N3O3S. The summed E-state index contributed by atoms with van der Waals surface area (Å²) in [6.07, 6.45) is 0. The maximum atomic E-state index is 12.4. The molecule has 1 amide bonds. The van der Waals surface area contributed by atoms with Gasteiger partial charge in [0.25, 0.3) is 0 Å². The van der Waals surface area contributed by atoms with E-state index in [0.717, 1.165) is 39.8 Å². The van der Waals surface area contributed by atoms with Crippen LogP contribution in [0.4, 0.5) is 5.82 Å². The molecule has 3 heterocycles. The van der Waals surface area contributed by atoms with Crippen LogP contribution in [0.5, 0.6) is 11.5 Å². The van der Waals surface area contributed by atoms with Gasteiger partial charge in [-0.1, -0.05) is 24.3 Å². The normalized spacial score (nSPS) is 18.0. The summed E-state index contributed by atoms with van der Waals surface area (Å²) >= 11 is 1.59. The Morgan fingerprint density at radius 2 is 1.96 bits per heavy atom. The minimum absolute atomic E-state index is 0.0223. The van der Waals surface area contributed by atoms with Gasteiger partial charge in [0.05, 0.1) is 22.4 Å². The summed E-state index contributed by atoms with van der Waals surface area (Å²) < 4.78 is 12.8. The van der Waals surface area contributed by atoms with Crippen LogP contribution in [0.3, 0.4) is 0 Å². The lowest BCUT2D eigenvalue weighted by Gasteiger charge is -2.16. The van der Waals surface area contributed by atoms with Crippen LogP contribution >= 0.6 is 11.8 Å². The summed E-state index contributed by atoms with van der Waals surface area (Å²) in [6, 6.07) is 15.8. The smallest absolute Gasteiger partial charge is 0.235 e. The molecule has 1 atom stereocenters. The van der Waals surface area contributed by atoms with Crippen molar-refractivity contribution in [2.24, 2.45) is 0 Å². The van der Waals surface area contributed by atoms with E-state index in [9.17, 15) is 4.79 Å². The van der Waals surface area contributed by atoms with Gasteiger partial charge in [-0.15, -0.1) is 11.8 Å². The molecule has 0 saturated heterocycles. The lowest BCUT2D eigenvalue weighted by molar-refractivity contribution is -0.113. The Morgan fingerprint density at radius 3 is 2.81 bits per heavy atom. The molecule has 2 aromatic carbocycles. The summed E-state index contributed by atoms with van der Waals surface area (Å²) in [6.45, 7) is 2.23. The number of carbonyl (C=O) groups excluding carboxylic acids is 1. The van der Waals surface area contributed by atoms with E-state index >= 15 is 0 Å². The Kier molecular flexibility index (Phi) is 3.82. The van der Waals surface area contributed by atoms with Crippen molar-refractivity contribution < 1.29 is 14.3 Å². The molecule has 27 heavy (non-hydrogen) atoms. The van der Waals surface area contributed by atoms with Gasteiger partial charge in [0.1, 0.15) is 5.82 Å². The molecule has 0 spiro atoms. The number of thioether (sulfide) groups is 1. The van der Waals surface area contributed by atoms with Crippen LogP contribution in [-0.2, 0) is 4.79 Å². The van der Waals surface area contributed by atoms with E-state index < -0.39 is 0 Å². The quantitative estimate of drug-likeness (QED) is 0.736. The number of carbonyl (C=O) groups is 1. The minimum atomic E-state index is -0.0263. The molecule has 136 valence electrons. The number of nitrogens with one attached hydrogen (secondary N) is 1. The van der Waals surface area contributed by atoms with E-state index in [1.165, 1.54) is 0 Å². The molecule has 1 aromatic heterocycles. The average Bonchev–Trinajstić information content (AvgIpc) is 3.23. The minimum Gasteiger partial charge on any atom is -0.454 e. The zero-order valence-corrected chi connectivity index (χ0v) is 15.5. The molecule has 0 aliphatic carbocycles. The largest absolute Gasteiger partial charge is 0.454 e. The van der Waals surface area contributed by atoms with Crippen molar-refractivity contribution in [1.29, 1.82) is 0 Å². The first-order valence-corrected chi connectivity index (χ1v) is 9.71. The second kappa shape index (κ2) is 6.35. The molecule has 0 radical (unpaired) electrons. The van der Waals surface area contributed by atoms with E-state index in [1.807, 2.05) is 60.1 Å². The summed E-state index contributed by atoms with van der Waals surface area (Å²) in [5, 5.41) is 7.74. The van der Waals surface area contributed by atoms with Gasteiger partial charge in [-0.2, -0.15) is 5.10 Å². The topological polar surface area (TPSA) is 65.4 Å². The molecule has 2 aliphatic heterocycles. The molecular weight excluding hydrogens is 362 g/mol. The number of rotatable bonds is 2. The maximum Gasteiger partial charge on any atom is 0.235 e. The third-order valence-corrected chi connectivity index (χ3v) is 5.98. The highest BCUT2D eigenvalue weighted by molar-refractivity contribution is 8.00. The zero-order valence-electron chi connectivity index (χ0n) is 14.6. The van der Waals surface area contributed by atoms with Gasteiger partial charge in [-0.05, 0) is 36.8 Å². The number of anilines is 1. The number of nitrogens with zero attached hydrogens (tertiary/aromatic N) is 2. The highest BCUT2D eigenvalue weighted by Gasteiger charge is 2.31. The van der Waals surface area contributed by atoms with E-state index in [1.54, 1.807) is 11.8 Å². The third-order valence-electron chi connectivity index (χ3n) is 4.71. The highest BCUT2D eigenvalue weighted by Crippen LogP contribution is 2.46. The molecule has 0 saturated carbocycles. The predicted molar refractivity (Wildman–Crippen MR) is 104 cm³/mol. The molecule has 7 heteroatoms. The molecule has 3 aromatic rings. The molecule has 6 nitrogen and oxygen atoms in total. The van der Waals surface area contributed by atoms with Crippen LogP contribution < -0.4 is 14.8 Å². The number of aryl methyl sites for hydroxylation is 1. The van der Waals surface area contributed by atoms with Gasteiger partial charge in [0, 0.05) is 5.56 Å². The van der Waals surface area contributed by atoms with Crippen molar-refractivity contribution in [2.75, 3.05) is 17.9 Å². The molecule has 0 fully saturated rings. The SMILES string of the molecule is Cc1nn(-c2ccccc2)c2c1C(c1ccc3c(c1)OCO3)SCC(=O)N2. The fourth-order valence-corrected chi connectivity index (χ4v) is 4.66. The molecule has 2 aliphatic rings. The molecule has 5 rings (SSSR count). The van der Waals surface area contributed by atoms with E-state index in [0.29, 0.717) is 5.75 Å². The van der Waals surface area contributed by atoms with E-state index in [-0.39, 0.29) is 18.0 Å². The molecule has 0 bridgehead atoms. The summed E-state index contributed by atoms with van der Waals surface area (Å²) in [7, 11) is 0. The van der Waals surface area contributed by atoms with Gasteiger partial charge >= 0.3 is 0 Å². The van der Waals surface area contributed by atoms with Crippen LogP contribution in [0.2, 0.25) is 0 Å². The van der Waals surface area contributed by atoms with E-state index in [2.05, 4.69) is 5.32 Å². The molecule has 1 N–H and O–H groups in total. The number of ether oxygens (including phenoxy) is 2. The van der Waals surface area contributed by atoms with Crippen LogP contribution in [-0.4, -0.2) is 28.2 Å². The molecule has 1 unspecified atom stereocenters. The van der Waals surface area contributed by atoms with Crippen molar-refractivity contribution in [3.8, 4) is 17.2 Å². The predicted octanol–water partition coefficient (Wildman–Crippen LogP) is 3.68. The van der Waals surface area contributed by atoms with Crippen molar-refractivity contribution >= 4 is 23.5 Å². The number of hydrogen-bond donors (Lipinski definition) is 1. The standard InChI is InChI=1S/C20H17N3O3S/c1-12-18-19(13-7-8-15-16(9-13)26-11-25-15)27-10-17(24)21-20(18)23(22-12)14-5-3-2-4-6-14/h2-9,19H,10-11H2,1H3,(H,21,24). The van der Waals surface area contributed by atoms with Crippen molar-refractivity contribution in [2.45, 2.75) is 12.2 Å². The highest BCUT2D eigenvalue weighted by atomic mass is 32.2. The van der Waals surface area contributed by atoms with Crippen molar-refractivity contribution in [3.63, 3.8) is 0 Å². The Bertz CT molecular complexity index is 1030. The third kappa shape index (κ3) is 2.75. The summed E-state index contributed by atoms with van der Waals surface area (Å²) in [5.74, 6) is 2.58. The van der Waals surface area contributed by atoms with Gasteiger partial charge < -0.3 is 14.8 Å². The first kappa shape index (κ1) is 16.3. The van der Waals surface area contributed by atoms with Gasteiger partial charge in [-0.3, -0.25) is 4.79 Å². The second-order valence-electron chi connectivity index (χ2n) is 6.45. The van der Waals surface area contributed by atoms with Crippen molar-refractivity contribution in [3.05, 3.63) is 65.4 Å². The van der Waals surface area contributed by atoms with Gasteiger partial charge in [0.2, 0.25) is 12.7 Å². The van der Waals surface area contributed by atoms with Gasteiger partial charge in [0.15, 0.2) is 11.5 Å². The van der Waals surface area contributed by atoms with E-state index in [4.69, 9.17) is 14.6 Å². The number of amides is 1. The Balaban J connectivity index is 1.66. The van der Waals surface area contributed by atoms with Gasteiger partial charge in [-0.25, -0.2) is 4.68 Å². The number of aromatic nitrogens is 2.